The second-order valence-corrected chi connectivity index (χ2v) is 6.51. The number of rotatable bonds is 7. The topological polar surface area (TPSA) is 56.2 Å². The molecule has 0 aliphatic carbocycles. The molecule has 8 heteroatoms. The van der Waals surface area contributed by atoms with Crippen LogP contribution in [-0.2, 0) is 17.8 Å². The van der Waals surface area contributed by atoms with E-state index in [9.17, 15) is 18.0 Å². The number of hydrogen-bond acceptors (Lipinski definition) is 3. The van der Waals surface area contributed by atoms with Gasteiger partial charge in [0.1, 0.15) is 11.6 Å². The van der Waals surface area contributed by atoms with E-state index in [1.54, 1.807) is 28.9 Å². The number of aryl methyl sites for hydroxylation is 1. The molecule has 1 heterocycles. The first-order valence-corrected chi connectivity index (χ1v) is 8.95. The Morgan fingerprint density at radius 2 is 1.76 bits per heavy atom. The van der Waals surface area contributed by atoms with Gasteiger partial charge in [-0.2, -0.15) is 13.9 Å². The molecule has 0 atom stereocenters. The largest absolute Gasteiger partial charge is 0.435 e. The lowest BCUT2D eigenvalue weighted by molar-refractivity contribution is -0.120. The third kappa shape index (κ3) is 5.16. The molecule has 0 unspecified atom stereocenters. The Hall–Kier alpha value is -3.29. The molecule has 1 aromatic heterocycles. The molecule has 29 heavy (non-hydrogen) atoms. The van der Waals surface area contributed by atoms with Crippen molar-refractivity contribution < 1.29 is 22.7 Å². The van der Waals surface area contributed by atoms with E-state index in [0.29, 0.717) is 5.69 Å². The minimum Gasteiger partial charge on any atom is -0.435 e. The Morgan fingerprint density at radius 3 is 2.38 bits per heavy atom. The third-order valence-electron chi connectivity index (χ3n) is 4.49. The van der Waals surface area contributed by atoms with Gasteiger partial charge in [-0.3, -0.25) is 4.79 Å². The van der Waals surface area contributed by atoms with Gasteiger partial charge in [-0.05, 0) is 55.8 Å². The molecule has 0 fully saturated rings. The van der Waals surface area contributed by atoms with E-state index in [0.717, 1.165) is 22.5 Å². The monoisotopic (exact) mass is 403 g/mol. The maximum absolute atomic E-state index is 13.1. The van der Waals surface area contributed by atoms with Crippen LogP contribution in [-0.4, -0.2) is 22.3 Å². The van der Waals surface area contributed by atoms with Gasteiger partial charge in [-0.25, -0.2) is 9.07 Å². The van der Waals surface area contributed by atoms with Crippen LogP contribution in [0.1, 0.15) is 22.5 Å². The maximum atomic E-state index is 13.1. The molecule has 1 amide bonds. The molecule has 0 bridgehead atoms. The molecule has 5 nitrogen and oxygen atoms in total. The summed E-state index contributed by atoms with van der Waals surface area (Å²) in [5.74, 6) is -0.457. The van der Waals surface area contributed by atoms with E-state index in [-0.39, 0.29) is 30.4 Å². The predicted octanol–water partition coefficient (Wildman–Crippen LogP) is 4.09. The third-order valence-corrected chi connectivity index (χ3v) is 4.49. The molecule has 152 valence electrons. The van der Waals surface area contributed by atoms with Crippen molar-refractivity contribution in [1.29, 1.82) is 0 Å². The van der Waals surface area contributed by atoms with Gasteiger partial charge in [-0.15, -0.1) is 0 Å². The van der Waals surface area contributed by atoms with Gasteiger partial charge in [0.25, 0.3) is 0 Å². The summed E-state index contributed by atoms with van der Waals surface area (Å²) in [5.41, 5.74) is 3.79. The summed E-state index contributed by atoms with van der Waals surface area (Å²) in [4.78, 5) is 12.4. The second kappa shape index (κ2) is 8.81. The highest BCUT2D eigenvalue weighted by Gasteiger charge is 2.16. The van der Waals surface area contributed by atoms with Crippen LogP contribution in [0.5, 0.6) is 5.75 Å². The Balaban J connectivity index is 1.63. The van der Waals surface area contributed by atoms with Crippen LogP contribution >= 0.6 is 0 Å². The summed E-state index contributed by atoms with van der Waals surface area (Å²) in [6, 6.07) is 12.0. The number of ether oxygens (including phenoxy) is 1. The van der Waals surface area contributed by atoms with Crippen LogP contribution in [0.4, 0.5) is 13.2 Å². The molecule has 3 rings (SSSR count). The van der Waals surface area contributed by atoms with E-state index in [4.69, 9.17) is 0 Å². The molecule has 0 aliphatic rings. The van der Waals surface area contributed by atoms with E-state index >= 15 is 0 Å². The molecule has 0 aliphatic heterocycles. The Bertz CT molecular complexity index is 984. The van der Waals surface area contributed by atoms with Gasteiger partial charge in [0.15, 0.2) is 0 Å². The van der Waals surface area contributed by atoms with Crippen LogP contribution in [0.2, 0.25) is 0 Å². The smallest absolute Gasteiger partial charge is 0.387 e. The van der Waals surface area contributed by atoms with Gasteiger partial charge in [0.2, 0.25) is 5.91 Å². The van der Waals surface area contributed by atoms with Gasteiger partial charge >= 0.3 is 6.61 Å². The predicted molar refractivity (Wildman–Crippen MR) is 102 cm³/mol. The molecule has 3 aromatic rings. The fraction of sp³-hybridized carbons (Fsp3) is 0.238. The number of benzene rings is 2. The Morgan fingerprint density at radius 1 is 1.10 bits per heavy atom. The van der Waals surface area contributed by atoms with Gasteiger partial charge in [0, 0.05) is 17.8 Å². The van der Waals surface area contributed by atoms with Gasteiger partial charge < -0.3 is 10.1 Å². The van der Waals surface area contributed by atoms with Crippen LogP contribution in [0.25, 0.3) is 5.69 Å². The number of nitrogens with one attached hydrogen (secondary N) is 1. The number of nitrogens with zero attached hydrogens (tertiary/aromatic N) is 2. The lowest BCUT2D eigenvalue weighted by Gasteiger charge is -2.08. The standard InChI is InChI=1S/C21H20F3N3O2/c1-13-19(14(2)27(26-13)17-7-5-16(22)6-8-17)11-20(28)25-12-15-3-9-18(10-4-15)29-21(23)24/h3-10,21H,11-12H2,1-2H3,(H,25,28). The number of carbonyl (C=O) groups excluding carboxylic acids is 1. The molecule has 0 radical (unpaired) electrons. The molecule has 2 aromatic carbocycles. The summed E-state index contributed by atoms with van der Waals surface area (Å²) < 4.78 is 43.5. The quantitative estimate of drug-likeness (QED) is 0.647. The van der Waals surface area contributed by atoms with Gasteiger partial charge in [0.05, 0.1) is 17.8 Å². The average Bonchev–Trinajstić information content (AvgIpc) is 2.96. The highest BCUT2D eigenvalue weighted by atomic mass is 19.3. The summed E-state index contributed by atoms with van der Waals surface area (Å²) >= 11 is 0. The second-order valence-electron chi connectivity index (χ2n) is 6.51. The Kier molecular flexibility index (Phi) is 6.21. The Labute approximate surface area is 166 Å². The number of amides is 1. The molecule has 0 spiro atoms. The van der Waals surface area contributed by atoms with Crippen molar-refractivity contribution in [2.45, 2.75) is 33.4 Å². The van der Waals surface area contributed by atoms with E-state index in [1.165, 1.54) is 24.3 Å². The van der Waals surface area contributed by atoms with Crippen molar-refractivity contribution in [3.05, 3.63) is 76.9 Å². The van der Waals surface area contributed by atoms with E-state index in [2.05, 4.69) is 15.2 Å². The van der Waals surface area contributed by atoms with Crippen LogP contribution in [0.3, 0.4) is 0 Å². The highest BCUT2D eigenvalue weighted by molar-refractivity contribution is 5.79. The lowest BCUT2D eigenvalue weighted by atomic mass is 10.1. The SMILES string of the molecule is Cc1nn(-c2ccc(F)cc2)c(C)c1CC(=O)NCc1ccc(OC(F)F)cc1. The zero-order valence-corrected chi connectivity index (χ0v) is 16.0. The summed E-state index contributed by atoms with van der Waals surface area (Å²) in [6.07, 6.45) is 0.144. The number of hydrogen-bond donors (Lipinski definition) is 1. The number of halogens is 3. The first-order valence-electron chi connectivity index (χ1n) is 8.95. The number of carbonyl (C=O) groups is 1. The first kappa shape index (κ1) is 20.4. The lowest BCUT2D eigenvalue weighted by Crippen LogP contribution is -2.25. The molecular formula is C21H20F3N3O2. The average molecular weight is 403 g/mol. The summed E-state index contributed by atoms with van der Waals surface area (Å²) in [5, 5.41) is 7.26. The summed E-state index contributed by atoms with van der Waals surface area (Å²) in [7, 11) is 0. The van der Waals surface area contributed by atoms with Crippen LogP contribution in [0.15, 0.2) is 48.5 Å². The maximum Gasteiger partial charge on any atom is 0.387 e. The van der Waals surface area contributed by atoms with Crippen LogP contribution in [0, 0.1) is 19.7 Å². The van der Waals surface area contributed by atoms with Gasteiger partial charge in [-0.1, -0.05) is 12.1 Å². The van der Waals surface area contributed by atoms with Crippen molar-refractivity contribution in [2.24, 2.45) is 0 Å². The summed E-state index contributed by atoms with van der Waals surface area (Å²) in [6.45, 7) is 1.06. The molecule has 1 N–H and O–H groups in total. The first-order chi connectivity index (χ1) is 13.8. The van der Waals surface area contributed by atoms with Crippen molar-refractivity contribution in [3.63, 3.8) is 0 Å². The minimum atomic E-state index is -2.87. The fourth-order valence-electron chi connectivity index (χ4n) is 2.98. The van der Waals surface area contributed by atoms with Crippen molar-refractivity contribution in [1.82, 2.24) is 15.1 Å². The fourth-order valence-corrected chi connectivity index (χ4v) is 2.98. The molecule has 0 saturated heterocycles. The van der Waals surface area contributed by atoms with Crippen molar-refractivity contribution in [2.75, 3.05) is 0 Å². The zero-order chi connectivity index (χ0) is 21.0. The van der Waals surface area contributed by atoms with Crippen LogP contribution < -0.4 is 10.1 Å². The van der Waals surface area contributed by atoms with Crippen molar-refractivity contribution >= 4 is 5.91 Å². The number of alkyl halides is 2. The molecule has 0 saturated carbocycles. The van der Waals surface area contributed by atoms with E-state index in [1.807, 2.05) is 13.8 Å². The number of aromatic nitrogens is 2. The van der Waals surface area contributed by atoms with Crippen molar-refractivity contribution in [3.8, 4) is 11.4 Å². The molecular weight excluding hydrogens is 383 g/mol. The normalized spacial score (nSPS) is 11.0. The highest BCUT2D eigenvalue weighted by Crippen LogP contribution is 2.19. The van der Waals surface area contributed by atoms with E-state index < -0.39 is 6.61 Å². The minimum absolute atomic E-state index is 0.0644. The zero-order valence-electron chi connectivity index (χ0n) is 16.0.